The predicted octanol–water partition coefficient (Wildman–Crippen LogP) is 5.82. The number of benzene rings is 4. The van der Waals surface area contributed by atoms with Gasteiger partial charge in [-0.05, 0) is 22.3 Å². The largest absolute Gasteiger partial charge is 0.269 e. The molecule has 0 N–H and O–H groups in total. The molecule has 0 aliphatic carbocycles. The van der Waals surface area contributed by atoms with Gasteiger partial charge in [-0.2, -0.15) is 10.5 Å². The fraction of sp³-hybridized carbons (Fsp3) is 0.0714. The predicted molar refractivity (Wildman–Crippen MR) is 132 cm³/mol. The first kappa shape index (κ1) is 23.8. The average molecular weight is 474 g/mol. The van der Waals surface area contributed by atoms with Crippen LogP contribution >= 0.6 is 0 Å². The Labute approximate surface area is 206 Å². The Balaban J connectivity index is 2.17. The summed E-state index contributed by atoms with van der Waals surface area (Å²) in [6, 6.07) is 33.4. The van der Waals surface area contributed by atoms with Gasteiger partial charge in [0.05, 0.1) is 22.0 Å². The highest BCUT2D eigenvalue weighted by molar-refractivity contribution is 5.64. The topological polar surface area (TPSA) is 134 Å². The Morgan fingerprint density at radius 3 is 1.03 bits per heavy atom. The molecule has 174 valence electrons. The standard InChI is InChI=1S/C28H18N4O4/c29-19-27(21-7-3-1-4-8-21,23-11-15-25(16-12-23)31(33)34)28(20-30,22-9-5-2-6-10-22)24-13-17-26(18-14-24)32(35)36/h1-18H. The lowest BCUT2D eigenvalue weighted by molar-refractivity contribution is -0.385. The van der Waals surface area contributed by atoms with Crippen molar-refractivity contribution >= 4 is 11.4 Å². The minimum atomic E-state index is -1.68. The highest BCUT2D eigenvalue weighted by atomic mass is 16.6. The SMILES string of the molecule is N#CC(c1ccccc1)(c1ccc([N+](=O)[O-])cc1)C(C#N)(c1ccccc1)c1ccc([N+](=O)[O-])cc1. The van der Waals surface area contributed by atoms with Crippen molar-refractivity contribution in [1.29, 1.82) is 10.5 Å². The number of hydrogen-bond donors (Lipinski definition) is 0. The number of nitrogens with zero attached hydrogens (tertiary/aromatic N) is 4. The van der Waals surface area contributed by atoms with Crippen LogP contribution in [-0.4, -0.2) is 9.85 Å². The average Bonchev–Trinajstić information content (AvgIpc) is 2.93. The van der Waals surface area contributed by atoms with Crippen molar-refractivity contribution in [3.05, 3.63) is 152 Å². The Morgan fingerprint density at radius 1 is 0.500 bits per heavy atom. The first-order valence-electron chi connectivity index (χ1n) is 10.8. The Hall–Kier alpha value is -5.34. The van der Waals surface area contributed by atoms with Gasteiger partial charge >= 0.3 is 0 Å². The van der Waals surface area contributed by atoms with Gasteiger partial charge in [-0.3, -0.25) is 20.2 Å². The first-order chi connectivity index (χ1) is 17.4. The molecule has 4 aromatic rings. The molecular formula is C28H18N4O4. The summed E-state index contributed by atoms with van der Waals surface area (Å²) in [5.41, 5.74) is -1.97. The van der Waals surface area contributed by atoms with Crippen molar-refractivity contribution in [2.75, 3.05) is 0 Å². The van der Waals surface area contributed by atoms with E-state index in [0.717, 1.165) is 0 Å². The fourth-order valence-electron chi connectivity index (χ4n) is 4.67. The van der Waals surface area contributed by atoms with E-state index in [0.29, 0.717) is 22.3 Å². The maximum atomic E-state index is 11.3. The Bertz CT molecular complexity index is 1380. The molecule has 0 aromatic heterocycles. The second-order valence-electron chi connectivity index (χ2n) is 8.06. The molecule has 8 heteroatoms. The first-order valence-corrected chi connectivity index (χ1v) is 10.8. The van der Waals surface area contributed by atoms with Crippen LogP contribution in [0.4, 0.5) is 11.4 Å². The van der Waals surface area contributed by atoms with Crippen LogP contribution in [0.1, 0.15) is 22.3 Å². The third-order valence-electron chi connectivity index (χ3n) is 6.33. The van der Waals surface area contributed by atoms with Crippen LogP contribution in [0.2, 0.25) is 0 Å². The normalized spacial score (nSPS) is 13.8. The molecule has 8 nitrogen and oxygen atoms in total. The van der Waals surface area contributed by atoms with E-state index in [1.54, 1.807) is 60.7 Å². The van der Waals surface area contributed by atoms with Gasteiger partial charge in [-0.1, -0.05) is 84.9 Å². The molecule has 0 spiro atoms. The number of nitriles is 2. The van der Waals surface area contributed by atoms with E-state index in [-0.39, 0.29) is 11.4 Å². The van der Waals surface area contributed by atoms with Crippen LogP contribution in [0, 0.1) is 42.9 Å². The second kappa shape index (κ2) is 9.49. The Morgan fingerprint density at radius 2 is 0.778 bits per heavy atom. The molecule has 0 radical (unpaired) electrons. The molecule has 2 atom stereocenters. The summed E-state index contributed by atoms with van der Waals surface area (Å²) < 4.78 is 0. The van der Waals surface area contributed by atoms with E-state index in [4.69, 9.17) is 0 Å². The van der Waals surface area contributed by atoms with Crippen LogP contribution in [0.3, 0.4) is 0 Å². The lowest BCUT2D eigenvalue weighted by Crippen LogP contribution is -2.49. The van der Waals surface area contributed by atoms with E-state index in [9.17, 15) is 30.8 Å². The van der Waals surface area contributed by atoms with Crippen LogP contribution in [0.5, 0.6) is 0 Å². The van der Waals surface area contributed by atoms with Crippen LogP contribution < -0.4 is 0 Å². The zero-order chi connectivity index (χ0) is 25.8. The van der Waals surface area contributed by atoms with Gasteiger partial charge in [-0.15, -0.1) is 0 Å². The molecule has 0 aliphatic rings. The molecule has 0 fully saturated rings. The highest BCUT2D eigenvalue weighted by Gasteiger charge is 2.57. The number of hydrogen-bond acceptors (Lipinski definition) is 6. The van der Waals surface area contributed by atoms with E-state index >= 15 is 0 Å². The number of rotatable bonds is 7. The summed E-state index contributed by atoms with van der Waals surface area (Å²) in [7, 11) is 0. The Kier molecular flexibility index (Phi) is 6.28. The molecule has 0 saturated heterocycles. The summed E-state index contributed by atoms with van der Waals surface area (Å²) in [5, 5.41) is 44.5. The van der Waals surface area contributed by atoms with Crippen LogP contribution in [0.25, 0.3) is 0 Å². The molecule has 0 bridgehead atoms. The van der Waals surface area contributed by atoms with Gasteiger partial charge in [0.15, 0.2) is 0 Å². The van der Waals surface area contributed by atoms with Gasteiger partial charge in [0, 0.05) is 24.3 Å². The van der Waals surface area contributed by atoms with Crippen molar-refractivity contribution in [3.63, 3.8) is 0 Å². The monoisotopic (exact) mass is 474 g/mol. The lowest BCUT2D eigenvalue weighted by Gasteiger charge is -2.43. The quantitative estimate of drug-likeness (QED) is 0.245. The van der Waals surface area contributed by atoms with Crippen molar-refractivity contribution in [2.24, 2.45) is 0 Å². The number of non-ortho nitro benzene ring substituents is 2. The van der Waals surface area contributed by atoms with E-state index < -0.39 is 20.7 Å². The fourth-order valence-corrected chi connectivity index (χ4v) is 4.67. The molecule has 0 saturated carbocycles. The maximum Gasteiger partial charge on any atom is 0.269 e. The smallest absolute Gasteiger partial charge is 0.258 e. The minimum absolute atomic E-state index is 0.156. The van der Waals surface area contributed by atoms with Crippen LogP contribution in [0.15, 0.2) is 109 Å². The molecule has 0 heterocycles. The molecule has 0 aliphatic heterocycles. The summed E-state index contributed by atoms with van der Waals surface area (Å²) in [5.74, 6) is 0. The van der Waals surface area contributed by atoms with Crippen molar-refractivity contribution in [1.82, 2.24) is 0 Å². The summed E-state index contributed by atoms with van der Waals surface area (Å²) in [4.78, 5) is 21.6. The van der Waals surface area contributed by atoms with E-state index in [2.05, 4.69) is 12.1 Å². The maximum absolute atomic E-state index is 11.3. The molecule has 0 amide bonds. The molecule has 2 unspecified atom stereocenters. The van der Waals surface area contributed by atoms with Gasteiger partial charge in [-0.25, -0.2) is 0 Å². The summed E-state index contributed by atoms with van der Waals surface area (Å²) in [6.45, 7) is 0. The van der Waals surface area contributed by atoms with Gasteiger partial charge < -0.3 is 0 Å². The third-order valence-corrected chi connectivity index (χ3v) is 6.33. The highest BCUT2D eigenvalue weighted by Crippen LogP contribution is 2.52. The van der Waals surface area contributed by atoms with Crippen LogP contribution in [-0.2, 0) is 10.8 Å². The van der Waals surface area contributed by atoms with Gasteiger partial charge in [0.2, 0.25) is 0 Å². The number of nitro benzene ring substituents is 2. The molecule has 4 rings (SSSR count). The molecular weight excluding hydrogens is 456 g/mol. The third kappa shape index (κ3) is 3.64. The lowest BCUT2D eigenvalue weighted by atomic mass is 9.53. The number of nitro groups is 2. The van der Waals surface area contributed by atoms with E-state index in [1.165, 1.54) is 48.5 Å². The minimum Gasteiger partial charge on any atom is -0.258 e. The molecule has 4 aromatic carbocycles. The molecule has 36 heavy (non-hydrogen) atoms. The van der Waals surface area contributed by atoms with Gasteiger partial charge in [0.25, 0.3) is 11.4 Å². The summed E-state index contributed by atoms with van der Waals surface area (Å²) in [6.07, 6.45) is 0. The van der Waals surface area contributed by atoms with Gasteiger partial charge in [0.1, 0.15) is 10.8 Å². The van der Waals surface area contributed by atoms with Crippen molar-refractivity contribution in [3.8, 4) is 12.1 Å². The zero-order valence-corrected chi connectivity index (χ0v) is 18.8. The van der Waals surface area contributed by atoms with Crippen molar-refractivity contribution < 1.29 is 9.85 Å². The second-order valence-corrected chi connectivity index (χ2v) is 8.06. The van der Waals surface area contributed by atoms with Crippen molar-refractivity contribution in [2.45, 2.75) is 10.8 Å². The van der Waals surface area contributed by atoms with E-state index in [1.807, 2.05) is 0 Å². The summed E-state index contributed by atoms with van der Waals surface area (Å²) >= 11 is 0. The zero-order valence-electron chi connectivity index (χ0n) is 18.8.